The van der Waals surface area contributed by atoms with E-state index in [0.29, 0.717) is 12.5 Å². The van der Waals surface area contributed by atoms with Crippen LogP contribution in [0.5, 0.6) is 0 Å². The lowest BCUT2D eigenvalue weighted by Crippen LogP contribution is -2.18. The average molecular weight is 330 g/mol. The molecule has 0 spiro atoms. The Morgan fingerprint density at radius 1 is 1.00 bits per heavy atom. The molecule has 0 aliphatic heterocycles. The lowest BCUT2D eigenvalue weighted by Gasteiger charge is -2.23. The van der Waals surface area contributed by atoms with Gasteiger partial charge in [-0.05, 0) is 19.1 Å². The largest absolute Gasteiger partial charge is 0.351 e. The van der Waals surface area contributed by atoms with Crippen molar-refractivity contribution in [1.82, 2.24) is 9.97 Å². The van der Waals surface area contributed by atoms with E-state index in [1.165, 1.54) is 0 Å². The van der Waals surface area contributed by atoms with Crippen molar-refractivity contribution in [2.24, 2.45) is 0 Å². The Morgan fingerprint density at radius 2 is 1.68 bits per heavy atom. The molecule has 3 rings (SSSR count). The van der Waals surface area contributed by atoms with Gasteiger partial charge in [-0.25, -0.2) is 4.98 Å². The molecule has 0 fully saturated rings. The van der Waals surface area contributed by atoms with Gasteiger partial charge in [0.2, 0.25) is 5.95 Å². The number of hydrogen-bond donors (Lipinski definition) is 1. The van der Waals surface area contributed by atoms with Crippen LogP contribution < -0.4 is 10.2 Å². The van der Waals surface area contributed by atoms with Crippen LogP contribution in [-0.4, -0.2) is 23.1 Å². The van der Waals surface area contributed by atoms with Gasteiger partial charge in [0, 0.05) is 30.4 Å². The van der Waals surface area contributed by atoms with Crippen molar-refractivity contribution in [1.29, 1.82) is 0 Å². The van der Waals surface area contributed by atoms with Crippen LogP contribution in [0.2, 0.25) is 0 Å². The molecule has 0 bridgehead atoms. The molecule has 1 N–H and O–H groups in total. The van der Waals surface area contributed by atoms with E-state index in [-0.39, 0.29) is 0 Å². The minimum atomic E-state index is 0.602. The molecular weight excluding hydrogens is 308 g/mol. The Hall–Kier alpha value is -3.14. The Morgan fingerprint density at radius 3 is 2.32 bits per heavy atom. The normalized spacial score (nSPS) is 10.3. The summed E-state index contributed by atoms with van der Waals surface area (Å²) in [7, 11) is 0. The van der Waals surface area contributed by atoms with Crippen molar-refractivity contribution in [3.8, 4) is 11.3 Å². The molecule has 25 heavy (non-hydrogen) atoms. The van der Waals surface area contributed by atoms with E-state index in [9.17, 15) is 0 Å². The summed E-state index contributed by atoms with van der Waals surface area (Å²) in [4.78, 5) is 11.5. The summed E-state index contributed by atoms with van der Waals surface area (Å²) < 4.78 is 0. The molecule has 4 nitrogen and oxygen atoms in total. The molecule has 0 atom stereocenters. The number of nitrogens with one attached hydrogen (secondary N) is 1. The molecule has 1 aromatic heterocycles. The van der Waals surface area contributed by atoms with E-state index in [0.717, 1.165) is 29.3 Å². The van der Waals surface area contributed by atoms with E-state index < -0.39 is 0 Å². The van der Waals surface area contributed by atoms with Crippen LogP contribution in [0.4, 0.5) is 17.5 Å². The van der Waals surface area contributed by atoms with Gasteiger partial charge in [0.15, 0.2) is 0 Å². The van der Waals surface area contributed by atoms with Gasteiger partial charge in [0.05, 0.1) is 5.69 Å². The molecule has 0 aliphatic carbocycles. The van der Waals surface area contributed by atoms with E-state index >= 15 is 0 Å². The highest BCUT2D eigenvalue weighted by Gasteiger charge is 2.13. The smallest absolute Gasteiger partial charge is 0.225 e. The van der Waals surface area contributed by atoms with Crippen molar-refractivity contribution in [2.45, 2.75) is 6.92 Å². The lowest BCUT2D eigenvalue weighted by atomic mass is 10.1. The molecule has 0 amide bonds. The maximum Gasteiger partial charge on any atom is 0.225 e. The lowest BCUT2D eigenvalue weighted by molar-refractivity contribution is 0.976. The van der Waals surface area contributed by atoms with Gasteiger partial charge in [-0.1, -0.05) is 54.6 Å². The fraction of sp³-hybridized carbons (Fsp3) is 0.143. The predicted octanol–water partition coefficient (Wildman–Crippen LogP) is 4.90. The second-order valence-corrected chi connectivity index (χ2v) is 5.55. The summed E-state index contributed by atoms with van der Waals surface area (Å²) in [5.74, 6) is 1.47. The number of para-hydroxylation sites is 1. The quantitative estimate of drug-likeness (QED) is 0.626. The molecule has 3 aromatic rings. The molecular formula is C21H22N4. The van der Waals surface area contributed by atoms with Gasteiger partial charge in [-0.15, -0.1) is 6.58 Å². The van der Waals surface area contributed by atoms with E-state index in [1.807, 2.05) is 42.5 Å². The second-order valence-electron chi connectivity index (χ2n) is 5.55. The van der Waals surface area contributed by atoms with Crippen LogP contribution in [0, 0.1) is 0 Å². The molecule has 1 heterocycles. The fourth-order valence-electron chi connectivity index (χ4n) is 2.66. The maximum absolute atomic E-state index is 4.70. The molecule has 2 aromatic carbocycles. The van der Waals surface area contributed by atoms with Crippen LogP contribution in [0.1, 0.15) is 6.92 Å². The number of aromatic nitrogens is 2. The third kappa shape index (κ3) is 4.04. The first-order valence-corrected chi connectivity index (χ1v) is 8.43. The second kappa shape index (κ2) is 8.11. The third-order valence-corrected chi connectivity index (χ3v) is 3.85. The zero-order chi connectivity index (χ0) is 17.5. The SMILES string of the molecule is C=CCNc1nc(-c2ccccc2)cc(N(CC)c2ccccc2)n1. The standard InChI is InChI=1S/C21H22N4/c1-3-15-22-21-23-19(17-11-7-5-8-12-17)16-20(24-21)25(4-2)18-13-9-6-10-14-18/h3,5-14,16H,1,4,15H2,2H3,(H,22,23,24). The molecule has 0 unspecified atom stereocenters. The van der Waals surface area contributed by atoms with Crippen LogP contribution in [0.15, 0.2) is 79.4 Å². The molecule has 0 saturated carbocycles. The third-order valence-electron chi connectivity index (χ3n) is 3.85. The van der Waals surface area contributed by atoms with Gasteiger partial charge in [0.25, 0.3) is 0 Å². The minimum Gasteiger partial charge on any atom is -0.351 e. The molecule has 0 aliphatic rings. The van der Waals surface area contributed by atoms with Gasteiger partial charge in [-0.3, -0.25) is 0 Å². The average Bonchev–Trinajstić information content (AvgIpc) is 2.68. The van der Waals surface area contributed by atoms with Gasteiger partial charge in [0.1, 0.15) is 5.82 Å². The van der Waals surface area contributed by atoms with Crippen molar-refractivity contribution in [2.75, 3.05) is 23.3 Å². The monoisotopic (exact) mass is 330 g/mol. The van der Waals surface area contributed by atoms with Crippen LogP contribution >= 0.6 is 0 Å². The summed E-state index contributed by atoms with van der Waals surface area (Å²) in [5.41, 5.74) is 3.07. The Kier molecular flexibility index (Phi) is 5.42. The first kappa shape index (κ1) is 16.7. The number of hydrogen-bond acceptors (Lipinski definition) is 4. The first-order valence-electron chi connectivity index (χ1n) is 8.43. The van der Waals surface area contributed by atoms with E-state index in [1.54, 1.807) is 6.08 Å². The molecule has 4 heteroatoms. The topological polar surface area (TPSA) is 41.1 Å². The first-order chi connectivity index (χ1) is 12.3. The summed E-state index contributed by atoms with van der Waals surface area (Å²) in [6.45, 7) is 7.30. The van der Waals surface area contributed by atoms with Gasteiger partial charge < -0.3 is 10.2 Å². The van der Waals surface area contributed by atoms with E-state index in [2.05, 4.69) is 53.0 Å². The molecule has 0 saturated heterocycles. The number of anilines is 3. The summed E-state index contributed by atoms with van der Waals surface area (Å²) in [6, 6.07) is 22.5. The Bertz CT molecular complexity index is 816. The van der Waals surface area contributed by atoms with Crippen molar-refractivity contribution in [3.05, 3.63) is 79.4 Å². The maximum atomic E-state index is 4.70. The van der Waals surface area contributed by atoms with Crippen molar-refractivity contribution < 1.29 is 0 Å². The Labute approximate surface area is 148 Å². The number of benzene rings is 2. The van der Waals surface area contributed by atoms with Crippen LogP contribution in [0.25, 0.3) is 11.3 Å². The highest BCUT2D eigenvalue weighted by atomic mass is 15.2. The number of nitrogens with zero attached hydrogens (tertiary/aromatic N) is 3. The Balaban J connectivity index is 2.06. The zero-order valence-electron chi connectivity index (χ0n) is 14.4. The van der Waals surface area contributed by atoms with Crippen molar-refractivity contribution >= 4 is 17.5 Å². The molecule has 0 radical (unpaired) electrons. The highest BCUT2D eigenvalue weighted by Crippen LogP contribution is 2.28. The fourth-order valence-corrected chi connectivity index (χ4v) is 2.66. The number of rotatable bonds is 7. The highest BCUT2D eigenvalue weighted by molar-refractivity contribution is 5.68. The van der Waals surface area contributed by atoms with Crippen LogP contribution in [-0.2, 0) is 0 Å². The van der Waals surface area contributed by atoms with Crippen LogP contribution in [0.3, 0.4) is 0 Å². The zero-order valence-corrected chi connectivity index (χ0v) is 14.4. The van der Waals surface area contributed by atoms with E-state index in [4.69, 9.17) is 4.98 Å². The summed E-state index contributed by atoms with van der Waals surface area (Å²) in [5, 5.41) is 3.21. The van der Waals surface area contributed by atoms with Gasteiger partial charge >= 0.3 is 0 Å². The van der Waals surface area contributed by atoms with Crippen molar-refractivity contribution in [3.63, 3.8) is 0 Å². The summed E-state index contributed by atoms with van der Waals surface area (Å²) in [6.07, 6.45) is 1.80. The van der Waals surface area contributed by atoms with Gasteiger partial charge in [-0.2, -0.15) is 4.98 Å². The summed E-state index contributed by atoms with van der Waals surface area (Å²) >= 11 is 0. The molecule has 126 valence electrons. The predicted molar refractivity (Wildman–Crippen MR) is 105 cm³/mol. The minimum absolute atomic E-state index is 0.602.